The van der Waals surface area contributed by atoms with Crippen LogP contribution in [0.25, 0.3) is 0 Å². The molecule has 2 aliphatic heterocycles. The van der Waals surface area contributed by atoms with Crippen LogP contribution in [-0.4, -0.2) is 118 Å². The maximum Gasteiger partial charge on any atom is 0.345 e. The largest absolute Gasteiger partial charge is 0.379 e. The molecule has 16 heteroatoms. The molecule has 0 aromatic carbocycles. The number of Topliss-reactive ketones (excluding diaryl/α,β-unsaturated/α-hetero) is 1. The molecule has 3 amide bonds. The van der Waals surface area contributed by atoms with Crippen molar-refractivity contribution in [2.75, 3.05) is 52.7 Å². The number of halogens is 4. The maximum absolute atomic E-state index is 12.9. The topological polar surface area (TPSA) is 148 Å². The van der Waals surface area contributed by atoms with Gasteiger partial charge in [-0.15, -0.1) is 0 Å². The molecule has 12 nitrogen and oxygen atoms in total. The van der Waals surface area contributed by atoms with Gasteiger partial charge in [0.25, 0.3) is 0 Å². The van der Waals surface area contributed by atoms with Crippen LogP contribution in [0.5, 0.6) is 0 Å². The fourth-order valence-electron chi connectivity index (χ4n) is 3.63. The van der Waals surface area contributed by atoms with Gasteiger partial charge in [-0.2, -0.15) is 17.6 Å². The Balaban J connectivity index is 2.09. The van der Waals surface area contributed by atoms with Gasteiger partial charge in [0.05, 0.1) is 45.6 Å². The molecular weight excluding hydrogens is 524 g/mol. The molecule has 0 aliphatic carbocycles. The number of ketones is 1. The number of morpholine rings is 1. The molecule has 0 saturated carbocycles. The Hall–Kier alpha value is -2.40. The van der Waals surface area contributed by atoms with E-state index in [1.807, 2.05) is 0 Å². The molecule has 0 aromatic heterocycles. The summed E-state index contributed by atoms with van der Waals surface area (Å²) in [7, 11) is 0. The van der Waals surface area contributed by atoms with Crippen LogP contribution in [0, 0.1) is 0 Å². The monoisotopic (exact) mass is 558 g/mol. The summed E-state index contributed by atoms with van der Waals surface area (Å²) >= 11 is 0. The van der Waals surface area contributed by atoms with E-state index in [0.29, 0.717) is 32.7 Å². The highest BCUT2D eigenvalue weighted by Gasteiger charge is 2.50. The number of hydrogen-bond acceptors (Lipinski definition) is 9. The van der Waals surface area contributed by atoms with Gasteiger partial charge in [0, 0.05) is 13.1 Å². The summed E-state index contributed by atoms with van der Waals surface area (Å²) < 4.78 is 69.4. The Labute approximate surface area is 217 Å². The van der Waals surface area contributed by atoms with E-state index in [9.17, 15) is 36.7 Å². The smallest absolute Gasteiger partial charge is 0.345 e. The first-order chi connectivity index (χ1) is 17.9. The minimum absolute atomic E-state index is 0.159. The van der Waals surface area contributed by atoms with Crippen LogP contribution in [0.15, 0.2) is 0 Å². The van der Waals surface area contributed by atoms with Gasteiger partial charge < -0.3 is 34.9 Å². The summed E-state index contributed by atoms with van der Waals surface area (Å²) in [5.74, 6) is -3.30. The van der Waals surface area contributed by atoms with Crippen molar-refractivity contribution in [1.29, 1.82) is 0 Å². The van der Waals surface area contributed by atoms with Gasteiger partial charge in [0.2, 0.25) is 17.7 Å². The molecule has 2 aliphatic rings. The molecule has 4 atom stereocenters. The Morgan fingerprint density at radius 3 is 1.87 bits per heavy atom. The number of carbonyl (C=O) groups excluding carboxylic acids is 4. The summed E-state index contributed by atoms with van der Waals surface area (Å²) in [5.41, 5.74) is -1.08. The molecule has 0 aromatic rings. The molecule has 218 valence electrons. The van der Waals surface area contributed by atoms with Crippen LogP contribution >= 0.6 is 0 Å². The van der Waals surface area contributed by atoms with E-state index < -0.39 is 73.7 Å². The third kappa shape index (κ3) is 10.8. The average molecular weight is 559 g/mol. The van der Waals surface area contributed by atoms with Crippen LogP contribution in [-0.2, 0) is 38.1 Å². The highest BCUT2D eigenvalue weighted by Crippen LogP contribution is 2.29. The summed E-state index contributed by atoms with van der Waals surface area (Å²) in [6.07, 6.45) is 0.696. The number of hydrogen-bond donors (Lipinski definition) is 3. The van der Waals surface area contributed by atoms with Crippen molar-refractivity contribution < 1.29 is 55.7 Å². The number of nitrogens with zero attached hydrogens (tertiary/aromatic N) is 1. The fraction of sp³-hybridized carbons (Fsp3) is 0.818. The summed E-state index contributed by atoms with van der Waals surface area (Å²) in [5, 5.41) is 6.79. The van der Waals surface area contributed by atoms with Crippen molar-refractivity contribution in [3.63, 3.8) is 0 Å². The summed E-state index contributed by atoms with van der Waals surface area (Å²) in [4.78, 5) is 52.6. The lowest BCUT2D eigenvalue weighted by Gasteiger charge is -2.28. The van der Waals surface area contributed by atoms with Crippen molar-refractivity contribution in [3.05, 3.63) is 0 Å². The van der Waals surface area contributed by atoms with E-state index in [2.05, 4.69) is 25.4 Å². The van der Waals surface area contributed by atoms with E-state index in [0.717, 1.165) is 0 Å². The number of rotatable bonds is 17. The van der Waals surface area contributed by atoms with Gasteiger partial charge in [-0.05, 0) is 13.3 Å². The van der Waals surface area contributed by atoms with Crippen LogP contribution in [0.3, 0.4) is 0 Å². The SMILES string of the molecule is CCC[C@H](NC(=O)[C@H](COC(F)F)NC(=O)[C@H](COC(F)F)NC(=O)CN1CCOCC1)C(=O)[C@]1(C)CO1. The van der Waals surface area contributed by atoms with E-state index >= 15 is 0 Å². The molecular formula is C22H34F4N4O8. The summed E-state index contributed by atoms with van der Waals surface area (Å²) in [6, 6.07) is -4.47. The number of ether oxygens (including phenoxy) is 4. The molecule has 2 heterocycles. The minimum Gasteiger partial charge on any atom is -0.379 e. The predicted octanol–water partition coefficient (Wildman–Crippen LogP) is -0.590. The van der Waals surface area contributed by atoms with E-state index in [1.165, 1.54) is 6.92 Å². The second-order valence-corrected chi connectivity index (χ2v) is 8.99. The molecule has 0 bridgehead atoms. The molecule has 2 rings (SSSR count). The normalized spacial score (nSPS) is 22.0. The lowest BCUT2D eigenvalue weighted by Crippen LogP contribution is -2.59. The van der Waals surface area contributed by atoms with E-state index in [4.69, 9.17) is 9.47 Å². The molecule has 0 radical (unpaired) electrons. The average Bonchev–Trinajstić information content (AvgIpc) is 3.62. The van der Waals surface area contributed by atoms with Crippen LogP contribution in [0.4, 0.5) is 17.6 Å². The summed E-state index contributed by atoms with van der Waals surface area (Å²) in [6.45, 7) is -3.58. The maximum atomic E-state index is 12.9. The van der Waals surface area contributed by atoms with Crippen LogP contribution in [0.1, 0.15) is 26.7 Å². The number of carbonyl (C=O) groups is 4. The van der Waals surface area contributed by atoms with Gasteiger partial charge in [-0.25, -0.2) is 0 Å². The lowest BCUT2D eigenvalue weighted by atomic mass is 9.97. The quantitative estimate of drug-likeness (QED) is 0.157. The Kier molecular flexibility index (Phi) is 12.8. The number of amides is 3. The standard InChI is InChI=1S/C22H34F4N4O8/c1-3-4-13(17(32)22(2)12-38-22)28-19(34)15(11-37-21(25)26)29-18(33)14(10-36-20(23)24)27-16(31)9-30-5-7-35-8-6-30/h13-15,20-21H,3-12H2,1-2H3,(H,27,31)(H,28,34)(H,29,33)/t13-,14-,15-,22-/m0/s1. The van der Waals surface area contributed by atoms with Gasteiger partial charge in [-0.3, -0.25) is 24.1 Å². The molecule has 0 unspecified atom stereocenters. The van der Waals surface area contributed by atoms with Crippen LogP contribution in [0.2, 0.25) is 0 Å². The fourth-order valence-corrected chi connectivity index (χ4v) is 3.63. The van der Waals surface area contributed by atoms with Crippen molar-refractivity contribution in [3.8, 4) is 0 Å². The first-order valence-corrected chi connectivity index (χ1v) is 12.1. The van der Waals surface area contributed by atoms with E-state index in [1.54, 1.807) is 11.8 Å². The van der Waals surface area contributed by atoms with Crippen molar-refractivity contribution in [2.24, 2.45) is 0 Å². The van der Waals surface area contributed by atoms with Crippen LogP contribution < -0.4 is 16.0 Å². The highest BCUT2D eigenvalue weighted by molar-refractivity contribution is 5.98. The zero-order valence-electron chi connectivity index (χ0n) is 21.2. The van der Waals surface area contributed by atoms with E-state index in [-0.39, 0.29) is 19.6 Å². The third-order valence-corrected chi connectivity index (χ3v) is 5.84. The minimum atomic E-state index is -3.29. The third-order valence-electron chi connectivity index (χ3n) is 5.84. The molecule has 3 N–H and O–H groups in total. The van der Waals surface area contributed by atoms with Gasteiger partial charge in [0.15, 0.2) is 5.78 Å². The Morgan fingerprint density at radius 2 is 1.39 bits per heavy atom. The molecule has 2 saturated heterocycles. The number of epoxide rings is 1. The predicted molar refractivity (Wildman–Crippen MR) is 121 cm³/mol. The number of nitrogens with one attached hydrogen (secondary N) is 3. The molecule has 2 fully saturated rings. The van der Waals surface area contributed by atoms with Gasteiger partial charge >= 0.3 is 13.2 Å². The van der Waals surface area contributed by atoms with Crippen molar-refractivity contribution in [1.82, 2.24) is 20.9 Å². The van der Waals surface area contributed by atoms with Crippen molar-refractivity contribution in [2.45, 2.75) is 63.6 Å². The zero-order valence-corrected chi connectivity index (χ0v) is 21.2. The molecule has 38 heavy (non-hydrogen) atoms. The van der Waals surface area contributed by atoms with Crippen molar-refractivity contribution >= 4 is 23.5 Å². The first-order valence-electron chi connectivity index (χ1n) is 12.1. The first kappa shape index (κ1) is 31.8. The number of alkyl halides is 4. The Morgan fingerprint density at radius 1 is 0.895 bits per heavy atom. The van der Waals surface area contributed by atoms with Gasteiger partial charge in [-0.1, -0.05) is 13.3 Å². The Bertz CT molecular complexity index is 812. The second kappa shape index (κ2) is 15.3. The lowest BCUT2D eigenvalue weighted by molar-refractivity contribution is -0.153. The van der Waals surface area contributed by atoms with Gasteiger partial charge in [0.1, 0.15) is 17.7 Å². The molecule has 0 spiro atoms. The zero-order chi connectivity index (χ0) is 28.3. The highest BCUT2D eigenvalue weighted by atomic mass is 19.3. The second-order valence-electron chi connectivity index (χ2n) is 8.99.